The number of nitrogens with zero attached hydrogens (tertiary/aromatic N) is 2. The average Bonchev–Trinajstić information content (AvgIpc) is 2.54. The summed E-state index contributed by atoms with van der Waals surface area (Å²) in [6.45, 7) is 4.22. The first-order valence-electron chi connectivity index (χ1n) is 5.38. The van der Waals surface area contributed by atoms with Crippen LogP contribution in [0.3, 0.4) is 0 Å². The number of aryl methyl sites for hydroxylation is 1. The SMILES string of the molecule is CC(C)C(N)c1nc2cc(Br)ccc2n1C. The molecule has 86 valence electrons. The summed E-state index contributed by atoms with van der Waals surface area (Å²) in [5.41, 5.74) is 8.25. The minimum atomic E-state index is -0.0174. The maximum absolute atomic E-state index is 6.15. The Bertz CT molecular complexity index is 516. The number of hydrogen-bond acceptors (Lipinski definition) is 2. The molecule has 1 aromatic heterocycles. The molecular weight excluding hydrogens is 266 g/mol. The minimum Gasteiger partial charge on any atom is -0.330 e. The molecule has 0 spiro atoms. The van der Waals surface area contributed by atoms with Gasteiger partial charge in [-0.15, -0.1) is 0 Å². The fraction of sp³-hybridized carbons (Fsp3) is 0.417. The summed E-state index contributed by atoms with van der Waals surface area (Å²) >= 11 is 3.45. The molecule has 0 aliphatic carbocycles. The third-order valence-corrected chi connectivity index (χ3v) is 3.39. The van der Waals surface area contributed by atoms with Crippen LogP contribution < -0.4 is 5.73 Å². The third-order valence-electron chi connectivity index (χ3n) is 2.89. The fourth-order valence-corrected chi connectivity index (χ4v) is 2.14. The van der Waals surface area contributed by atoms with Crippen LogP contribution in [-0.4, -0.2) is 9.55 Å². The number of halogens is 1. The van der Waals surface area contributed by atoms with Gasteiger partial charge in [-0.2, -0.15) is 0 Å². The average molecular weight is 282 g/mol. The number of rotatable bonds is 2. The largest absolute Gasteiger partial charge is 0.330 e. The molecule has 1 heterocycles. The Morgan fingerprint density at radius 1 is 1.38 bits per heavy atom. The number of fused-ring (bicyclic) bond motifs is 1. The highest BCUT2D eigenvalue weighted by Crippen LogP contribution is 2.24. The van der Waals surface area contributed by atoms with Crippen LogP contribution in [0.4, 0.5) is 0 Å². The van der Waals surface area contributed by atoms with E-state index in [4.69, 9.17) is 5.73 Å². The van der Waals surface area contributed by atoms with Crippen molar-refractivity contribution in [1.82, 2.24) is 9.55 Å². The number of benzene rings is 1. The molecule has 16 heavy (non-hydrogen) atoms. The normalized spacial score (nSPS) is 13.6. The molecule has 3 nitrogen and oxygen atoms in total. The van der Waals surface area contributed by atoms with Crippen LogP contribution >= 0.6 is 15.9 Å². The quantitative estimate of drug-likeness (QED) is 0.920. The highest BCUT2D eigenvalue weighted by molar-refractivity contribution is 9.10. The molecule has 0 amide bonds. The van der Waals surface area contributed by atoms with Gasteiger partial charge in [0.25, 0.3) is 0 Å². The number of hydrogen-bond donors (Lipinski definition) is 1. The molecule has 2 aromatic rings. The summed E-state index contributed by atoms with van der Waals surface area (Å²) in [7, 11) is 2.01. The standard InChI is InChI=1S/C12H16BrN3/c1-7(2)11(14)12-15-9-6-8(13)4-5-10(9)16(12)3/h4-7,11H,14H2,1-3H3. The van der Waals surface area contributed by atoms with Gasteiger partial charge in [-0.25, -0.2) is 4.98 Å². The van der Waals surface area contributed by atoms with E-state index in [-0.39, 0.29) is 6.04 Å². The first-order valence-corrected chi connectivity index (χ1v) is 6.17. The van der Waals surface area contributed by atoms with E-state index in [9.17, 15) is 0 Å². The van der Waals surface area contributed by atoms with Crippen LogP contribution in [0.15, 0.2) is 22.7 Å². The number of imidazole rings is 1. The topological polar surface area (TPSA) is 43.8 Å². The summed E-state index contributed by atoms with van der Waals surface area (Å²) in [5, 5.41) is 0. The Morgan fingerprint density at radius 2 is 2.06 bits per heavy atom. The summed E-state index contributed by atoms with van der Waals surface area (Å²) in [6, 6.07) is 6.08. The Labute approximate surface area is 104 Å². The number of aromatic nitrogens is 2. The van der Waals surface area contributed by atoms with Crippen molar-refractivity contribution in [3.05, 3.63) is 28.5 Å². The van der Waals surface area contributed by atoms with Gasteiger partial charge in [0.2, 0.25) is 0 Å². The van der Waals surface area contributed by atoms with Crippen molar-refractivity contribution in [2.24, 2.45) is 18.7 Å². The van der Waals surface area contributed by atoms with Crippen LogP contribution in [0.1, 0.15) is 25.7 Å². The van der Waals surface area contributed by atoms with Gasteiger partial charge in [0, 0.05) is 11.5 Å². The van der Waals surface area contributed by atoms with Crippen molar-refractivity contribution in [3.8, 4) is 0 Å². The molecule has 1 unspecified atom stereocenters. The van der Waals surface area contributed by atoms with E-state index in [1.165, 1.54) is 0 Å². The van der Waals surface area contributed by atoms with Crippen molar-refractivity contribution in [3.63, 3.8) is 0 Å². The number of nitrogens with two attached hydrogens (primary N) is 1. The molecule has 0 radical (unpaired) electrons. The van der Waals surface area contributed by atoms with Gasteiger partial charge >= 0.3 is 0 Å². The van der Waals surface area contributed by atoms with Gasteiger partial charge in [-0.3, -0.25) is 0 Å². The Kier molecular flexibility index (Phi) is 3.04. The zero-order valence-electron chi connectivity index (χ0n) is 9.74. The lowest BCUT2D eigenvalue weighted by atomic mass is 10.1. The zero-order chi connectivity index (χ0) is 11.9. The molecule has 0 fully saturated rings. The van der Waals surface area contributed by atoms with Crippen LogP contribution in [0, 0.1) is 5.92 Å². The van der Waals surface area contributed by atoms with Crippen molar-refractivity contribution < 1.29 is 0 Å². The van der Waals surface area contributed by atoms with E-state index in [0.717, 1.165) is 21.3 Å². The van der Waals surface area contributed by atoms with Crippen molar-refractivity contribution in [2.75, 3.05) is 0 Å². The second-order valence-electron chi connectivity index (χ2n) is 4.43. The van der Waals surface area contributed by atoms with Crippen LogP contribution in [0.25, 0.3) is 11.0 Å². The monoisotopic (exact) mass is 281 g/mol. The predicted molar refractivity (Wildman–Crippen MR) is 70.2 cm³/mol. The summed E-state index contributed by atoms with van der Waals surface area (Å²) in [5.74, 6) is 1.34. The summed E-state index contributed by atoms with van der Waals surface area (Å²) in [6.07, 6.45) is 0. The van der Waals surface area contributed by atoms with E-state index < -0.39 is 0 Å². The van der Waals surface area contributed by atoms with Gasteiger partial charge in [0.05, 0.1) is 17.1 Å². The lowest BCUT2D eigenvalue weighted by Gasteiger charge is -2.14. The predicted octanol–water partition coefficient (Wildman–Crippen LogP) is 2.99. The Morgan fingerprint density at radius 3 is 2.69 bits per heavy atom. The zero-order valence-corrected chi connectivity index (χ0v) is 11.3. The highest BCUT2D eigenvalue weighted by Gasteiger charge is 2.17. The lowest BCUT2D eigenvalue weighted by molar-refractivity contribution is 0.480. The summed E-state index contributed by atoms with van der Waals surface area (Å²) < 4.78 is 3.12. The maximum atomic E-state index is 6.15. The first kappa shape index (κ1) is 11.6. The molecule has 2 rings (SSSR count). The van der Waals surface area contributed by atoms with Crippen molar-refractivity contribution in [2.45, 2.75) is 19.9 Å². The molecule has 0 saturated carbocycles. The van der Waals surface area contributed by atoms with Gasteiger partial charge in [0.15, 0.2) is 0 Å². The van der Waals surface area contributed by atoms with Gasteiger partial charge in [0.1, 0.15) is 5.82 Å². The first-order chi connectivity index (χ1) is 7.50. The van der Waals surface area contributed by atoms with E-state index in [1.807, 2.05) is 19.2 Å². The molecule has 2 N–H and O–H groups in total. The van der Waals surface area contributed by atoms with E-state index in [0.29, 0.717) is 5.92 Å². The highest BCUT2D eigenvalue weighted by atomic mass is 79.9. The molecule has 4 heteroatoms. The summed E-state index contributed by atoms with van der Waals surface area (Å²) in [4.78, 5) is 4.60. The van der Waals surface area contributed by atoms with Crippen LogP contribution in [-0.2, 0) is 7.05 Å². The molecule has 1 atom stereocenters. The molecule has 1 aromatic carbocycles. The fourth-order valence-electron chi connectivity index (χ4n) is 1.79. The maximum Gasteiger partial charge on any atom is 0.126 e. The van der Waals surface area contributed by atoms with Gasteiger partial charge < -0.3 is 10.3 Å². The second-order valence-corrected chi connectivity index (χ2v) is 5.35. The van der Waals surface area contributed by atoms with E-state index >= 15 is 0 Å². The van der Waals surface area contributed by atoms with E-state index in [2.05, 4.69) is 45.4 Å². The van der Waals surface area contributed by atoms with Crippen molar-refractivity contribution >= 4 is 27.0 Å². The Hall–Kier alpha value is -0.870. The van der Waals surface area contributed by atoms with Crippen LogP contribution in [0.2, 0.25) is 0 Å². The van der Waals surface area contributed by atoms with Crippen molar-refractivity contribution in [1.29, 1.82) is 0 Å². The molecular formula is C12H16BrN3. The third kappa shape index (κ3) is 1.87. The Balaban J connectivity index is 2.60. The van der Waals surface area contributed by atoms with Crippen LogP contribution in [0.5, 0.6) is 0 Å². The molecule has 0 saturated heterocycles. The van der Waals surface area contributed by atoms with E-state index in [1.54, 1.807) is 0 Å². The van der Waals surface area contributed by atoms with Gasteiger partial charge in [-0.1, -0.05) is 29.8 Å². The molecule has 0 aliphatic rings. The lowest BCUT2D eigenvalue weighted by Crippen LogP contribution is -2.20. The van der Waals surface area contributed by atoms with Gasteiger partial charge in [-0.05, 0) is 24.1 Å². The smallest absolute Gasteiger partial charge is 0.126 e. The molecule has 0 aliphatic heterocycles. The minimum absolute atomic E-state index is 0.0174. The second kappa shape index (κ2) is 4.18. The molecule has 0 bridgehead atoms.